The summed E-state index contributed by atoms with van der Waals surface area (Å²) in [5.74, 6) is 1.17. The molecule has 1 unspecified atom stereocenters. The first-order valence-corrected chi connectivity index (χ1v) is 7.46. The van der Waals surface area contributed by atoms with Crippen LogP contribution in [0.5, 0.6) is 5.75 Å². The van der Waals surface area contributed by atoms with Crippen molar-refractivity contribution < 1.29 is 18.3 Å². The summed E-state index contributed by atoms with van der Waals surface area (Å²) in [5, 5.41) is 3.02. The number of amides is 1. The Morgan fingerprint density at radius 3 is 2.95 bits per heavy atom. The number of hydrogen-bond donors (Lipinski definition) is 1. The zero-order valence-electron chi connectivity index (χ0n) is 12.2. The molecule has 1 N–H and O–H groups in total. The summed E-state index contributed by atoms with van der Waals surface area (Å²) in [7, 11) is 0. The Morgan fingerprint density at radius 2 is 2.14 bits per heavy atom. The lowest BCUT2D eigenvalue weighted by Gasteiger charge is -2.22. The zero-order chi connectivity index (χ0) is 15.4. The molecule has 1 aliphatic carbocycles. The Labute approximate surface area is 128 Å². The Balaban J connectivity index is 1.46. The molecule has 0 spiro atoms. The van der Waals surface area contributed by atoms with Crippen LogP contribution in [0.15, 0.2) is 41.0 Å². The average Bonchev–Trinajstić information content (AvgIpc) is 2.99. The van der Waals surface area contributed by atoms with Crippen molar-refractivity contribution in [2.45, 2.75) is 31.7 Å². The van der Waals surface area contributed by atoms with Crippen LogP contribution in [0.4, 0.5) is 4.39 Å². The number of carbonyl (C=O) groups is 1. The number of ether oxygens (including phenoxy) is 1. The molecule has 0 saturated heterocycles. The monoisotopic (exact) mass is 303 g/mol. The van der Waals surface area contributed by atoms with Crippen LogP contribution >= 0.6 is 0 Å². The molecule has 1 aliphatic rings. The summed E-state index contributed by atoms with van der Waals surface area (Å²) >= 11 is 0. The fourth-order valence-electron chi connectivity index (χ4n) is 2.70. The minimum absolute atomic E-state index is 0.0285. The van der Waals surface area contributed by atoms with E-state index in [2.05, 4.69) is 5.32 Å². The highest BCUT2D eigenvalue weighted by Gasteiger charge is 2.23. The van der Waals surface area contributed by atoms with Crippen molar-refractivity contribution in [1.82, 2.24) is 5.32 Å². The Kier molecular flexibility index (Phi) is 4.42. The third-order valence-corrected chi connectivity index (χ3v) is 3.80. The molecule has 4 nitrogen and oxygen atoms in total. The summed E-state index contributed by atoms with van der Waals surface area (Å²) in [4.78, 5) is 12.0. The highest BCUT2D eigenvalue weighted by Crippen LogP contribution is 2.30. The lowest BCUT2D eigenvalue weighted by molar-refractivity contribution is -0.122. The van der Waals surface area contributed by atoms with E-state index < -0.39 is 0 Å². The smallest absolute Gasteiger partial charge is 0.223 e. The van der Waals surface area contributed by atoms with Gasteiger partial charge in [0.25, 0.3) is 0 Å². The predicted molar refractivity (Wildman–Crippen MR) is 79.0 cm³/mol. The normalized spacial score (nSPS) is 16.9. The first-order chi connectivity index (χ1) is 10.7. The van der Waals surface area contributed by atoms with Gasteiger partial charge in [-0.25, -0.2) is 4.39 Å². The fourth-order valence-corrected chi connectivity index (χ4v) is 2.70. The minimum Gasteiger partial charge on any atom is -0.493 e. The van der Waals surface area contributed by atoms with Crippen molar-refractivity contribution in [2.24, 2.45) is 0 Å². The van der Waals surface area contributed by atoms with Crippen molar-refractivity contribution in [1.29, 1.82) is 0 Å². The van der Waals surface area contributed by atoms with Crippen LogP contribution in [0.25, 0.3) is 0 Å². The minimum atomic E-state index is -0.307. The molecule has 0 radical (unpaired) electrons. The summed E-state index contributed by atoms with van der Waals surface area (Å²) in [6, 6.07) is 7.71. The van der Waals surface area contributed by atoms with Crippen LogP contribution in [0.3, 0.4) is 0 Å². The number of aryl methyl sites for hydroxylation is 1. The van der Waals surface area contributed by atoms with Crippen molar-refractivity contribution >= 4 is 5.91 Å². The highest BCUT2D eigenvalue weighted by molar-refractivity contribution is 5.76. The molecule has 0 bridgehead atoms. The first kappa shape index (κ1) is 14.6. The van der Waals surface area contributed by atoms with E-state index in [1.165, 1.54) is 12.1 Å². The highest BCUT2D eigenvalue weighted by atomic mass is 19.1. The maximum absolute atomic E-state index is 12.8. The van der Waals surface area contributed by atoms with E-state index in [0.717, 1.165) is 30.6 Å². The van der Waals surface area contributed by atoms with E-state index in [4.69, 9.17) is 9.15 Å². The van der Waals surface area contributed by atoms with Crippen LogP contribution in [0.1, 0.15) is 36.6 Å². The second-order valence-electron chi connectivity index (χ2n) is 5.36. The number of furan rings is 1. The number of rotatable bonds is 5. The molecule has 5 heteroatoms. The molecule has 22 heavy (non-hydrogen) atoms. The van der Waals surface area contributed by atoms with Crippen LogP contribution in [-0.4, -0.2) is 12.5 Å². The molecule has 0 aliphatic heterocycles. The van der Waals surface area contributed by atoms with Gasteiger partial charge >= 0.3 is 0 Å². The molecule has 3 rings (SSSR count). The molecular formula is C17H18FNO3. The number of fused-ring (bicyclic) bond motifs is 1. The molecule has 0 fully saturated rings. The molecule has 0 saturated carbocycles. The topological polar surface area (TPSA) is 51.5 Å². The lowest BCUT2D eigenvalue weighted by Crippen LogP contribution is -2.31. The standard InChI is InChI=1S/C17H18FNO3/c18-12-4-6-13(7-5-12)21-11-9-17(20)19-15-2-1-3-16-14(15)8-10-22-16/h4-8,10,15H,1-3,9,11H2,(H,19,20). The molecule has 116 valence electrons. The van der Waals surface area contributed by atoms with Gasteiger partial charge in [0, 0.05) is 12.0 Å². The van der Waals surface area contributed by atoms with Crippen LogP contribution in [-0.2, 0) is 11.2 Å². The fraction of sp³-hybridized carbons (Fsp3) is 0.353. The van der Waals surface area contributed by atoms with E-state index >= 15 is 0 Å². The van der Waals surface area contributed by atoms with E-state index in [0.29, 0.717) is 5.75 Å². The SMILES string of the molecule is O=C(CCOc1ccc(F)cc1)NC1CCCc2occc21. The number of halogens is 1. The van der Waals surface area contributed by atoms with Gasteiger partial charge in [0.15, 0.2) is 0 Å². The maximum atomic E-state index is 12.8. The van der Waals surface area contributed by atoms with Gasteiger partial charge in [-0.3, -0.25) is 4.79 Å². The number of hydrogen-bond acceptors (Lipinski definition) is 3. The van der Waals surface area contributed by atoms with Gasteiger partial charge < -0.3 is 14.5 Å². The molecular weight excluding hydrogens is 285 g/mol. The Bertz CT molecular complexity index is 636. The molecule has 1 atom stereocenters. The number of carbonyl (C=O) groups excluding carboxylic acids is 1. The van der Waals surface area contributed by atoms with Gasteiger partial charge in [-0.2, -0.15) is 0 Å². The van der Waals surface area contributed by atoms with Crippen molar-refractivity contribution in [3.05, 3.63) is 53.7 Å². The largest absolute Gasteiger partial charge is 0.493 e. The van der Waals surface area contributed by atoms with Gasteiger partial charge in [-0.05, 0) is 43.2 Å². The van der Waals surface area contributed by atoms with E-state index in [1.807, 2.05) is 6.07 Å². The van der Waals surface area contributed by atoms with E-state index in [1.54, 1.807) is 18.4 Å². The second-order valence-corrected chi connectivity index (χ2v) is 5.36. The number of benzene rings is 1. The van der Waals surface area contributed by atoms with Crippen LogP contribution in [0, 0.1) is 5.82 Å². The lowest BCUT2D eigenvalue weighted by atomic mass is 9.93. The maximum Gasteiger partial charge on any atom is 0.223 e. The van der Waals surface area contributed by atoms with Crippen LogP contribution < -0.4 is 10.1 Å². The Morgan fingerprint density at radius 1 is 1.32 bits per heavy atom. The quantitative estimate of drug-likeness (QED) is 0.921. The van der Waals surface area contributed by atoms with Gasteiger partial charge in [-0.15, -0.1) is 0 Å². The van der Waals surface area contributed by atoms with Crippen molar-refractivity contribution in [2.75, 3.05) is 6.61 Å². The molecule has 1 aromatic carbocycles. The molecule has 1 aromatic heterocycles. The summed E-state index contributed by atoms with van der Waals surface area (Å²) < 4.78 is 23.6. The van der Waals surface area contributed by atoms with Crippen molar-refractivity contribution in [3.8, 4) is 5.75 Å². The molecule has 1 amide bonds. The number of nitrogens with one attached hydrogen (secondary N) is 1. The van der Waals surface area contributed by atoms with E-state index in [-0.39, 0.29) is 30.8 Å². The average molecular weight is 303 g/mol. The first-order valence-electron chi connectivity index (χ1n) is 7.46. The third kappa shape index (κ3) is 3.47. The zero-order valence-corrected chi connectivity index (χ0v) is 12.2. The van der Waals surface area contributed by atoms with Crippen molar-refractivity contribution in [3.63, 3.8) is 0 Å². The summed E-state index contributed by atoms with van der Waals surface area (Å²) in [6.07, 6.45) is 4.81. The second kappa shape index (κ2) is 6.64. The summed E-state index contributed by atoms with van der Waals surface area (Å²) in [6.45, 7) is 0.266. The summed E-state index contributed by atoms with van der Waals surface area (Å²) in [5.41, 5.74) is 1.08. The van der Waals surface area contributed by atoms with Gasteiger partial charge in [0.1, 0.15) is 17.3 Å². The van der Waals surface area contributed by atoms with Gasteiger partial charge in [-0.1, -0.05) is 0 Å². The van der Waals surface area contributed by atoms with Gasteiger partial charge in [0.2, 0.25) is 5.91 Å². The third-order valence-electron chi connectivity index (χ3n) is 3.80. The Hall–Kier alpha value is -2.30. The van der Waals surface area contributed by atoms with Crippen LogP contribution in [0.2, 0.25) is 0 Å². The molecule has 1 heterocycles. The van der Waals surface area contributed by atoms with E-state index in [9.17, 15) is 9.18 Å². The molecule has 2 aromatic rings. The predicted octanol–water partition coefficient (Wildman–Crippen LogP) is 3.38. The van der Waals surface area contributed by atoms with Gasteiger partial charge in [0.05, 0.1) is 25.3 Å².